The van der Waals surface area contributed by atoms with Gasteiger partial charge in [0.25, 0.3) is 0 Å². The summed E-state index contributed by atoms with van der Waals surface area (Å²) in [5, 5.41) is 0. The van der Waals surface area contributed by atoms with Crippen molar-refractivity contribution in [3.8, 4) is 0 Å². The first-order chi connectivity index (χ1) is 13.8. The van der Waals surface area contributed by atoms with Gasteiger partial charge in [0.05, 0.1) is 0 Å². The van der Waals surface area contributed by atoms with Gasteiger partial charge >= 0.3 is 0 Å². The van der Waals surface area contributed by atoms with Crippen molar-refractivity contribution < 1.29 is 4.79 Å². The molecule has 1 rings (SSSR count). The normalized spacial score (nSPS) is 14.4. The Kier molecular flexibility index (Phi) is 17.6. The smallest absolute Gasteiger partial charge is 0.222 e. The molecule has 2 nitrogen and oxygen atoms in total. The summed E-state index contributed by atoms with van der Waals surface area (Å²) in [7, 11) is 0. The maximum absolute atomic E-state index is 11.9. The molecule has 0 spiro atoms. The summed E-state index contributed by atoms with van der Waals surface area (Å²) in [6.45, 7) is 4.30. The Bertz CT molecular complexity index is 371. The molecule has 1 heterocycles. The predicted octanol–water partition coefficient (Wildman–Crippen LogP) is 8.21. The van der Waals surface area contributed by atoms with E-state index in [9.17, 15) is 4.79 Å². The van der Waals surface area contributed by atoms with E-state index in [1.165, 1.54) is 116 Å². The second kappa shape index (κ2) is 19.5. The predicted molar refractivity (Wildman–Crippen MR) is 124 cm³/mol. The lowest BCUT2D eigenvalue weighted by atomic mass is 10.1. The van der Waals surface area contributed by atoms with Gasteiger partial charge in [-0.15, -0.1) is 0 Å². The first-order valence-electron chi connectivity index (χ1n) is 12.8. The zero-order valence-electron chi connectivity index (χ0n) is 19.1. The van der Waals surface area contributed by atoms with Gasteiger partial charge in [0.15, 0.2) is 0 Å². The van der Waals surface area contributed by atoms with Crippen LogP contribution in [0.2, 0.25) is 0 Å². The number of hydrogen-bond donors (Lipinski definition) is 0. The van der Waals surface area contributed by atoms with Crippen LogP contribution in [0.3, 0.4) is 0 Å². The molecular formula is C26H49NO. The van der Waals surface area contributed by atoms with Crippen molar-refractivity contribution in [3.63, 3.8) is 0 Å². The molecule has 2 heteroatoms. The number of amides is 1. The van der Waals surface area contributed by atoms with Crippen LogP contribution in [0.1, 0.15) is 135 Å². The number of hydrogen-bond acceptors (Lipinski definition) is 1. The van der Waals surface area contributed by atoms with Crippen molar-refractivity contribution in [1.82, 2.24) is 4.90 Å². The standard InChI is InChI=1S/C26H49NO/c1-2-3-4-5-6-7-8-9-10-11-12-13-14-15-16-17-18-19-20-23-26(28)27-24-21-22-25-27/h9-10H,2-8,11-25H2,1H3/b10-9+. The molecule has 0 unspecified atom stereocenters. The average Bonchev–Trinajstić information content (AvgIpc) is 3.24. The molecule has 164 valence electrons. The van der Waals surface area contributed by atoms with Gasteiger partial charge in [-0.05, 0) is 44.9 Å². The summed E-state index contributed by atoms with van der Waals surface area (Å²) in [5.74, 6) is 0.401. The maximum atomic E-state index is 11.9. The second-order valence-corrected chi connectivity index (χ2v) is 8.84. The number of unbranched alkanes of at least 4 members (excludes halogenated alkanes) is 15. The van der Waals surface area contributed by atoms with Crippen molar-refractivity contribution in [2.45, 2.75) is 135 Å². The molecule has 0 N–H and O–H groups in total. The SMILES string of the molecule is CCCCCCCC/C=C/CCCCCCCCCCCC(=O)N1CCCC1. The molecule has 28 heavy (non-hydrogen) atoms. The van der Waals surface area contributed by atoms with E-state index in [0.717, 1.165) is 25.9 Å². The molecule has 0 aliphatic carbocycles. The van der Waals surface area contributed by atoms with Crippen LogP contribution in [0.25, 0.3) is 0 Å². The molecule has 0 aromatic rings. The van der Waals surface area contributed by atoms with Gasteiger partial charge in [0.2, 0.25) is 5.91 Å². The minimum Gasteiger partial charge on any atom is -0.343 e. The third kappa shape index (κ3) is 15.2. The minimum atomic E-state index is 0.401. The van der Waals surface area contributed by atoms with Crippen LogP contribution in [0, 0.1) is 0 Å². The van der Waals surface area contributed by atoms with E-state index in [1.807, 2.05) is 0 Å². The van der Waals surface area contributed by atoms with Gasteiger partial charge in [0.1, 0.15) is 0 Å². The van der Waals surface area contributed by atoms with Crippen LogP contribution in [0.15, 0.2) is 12.2 Å². The highest BCUT2D eigenvalue weighted by Crippen LogP contribution is 2.14. The first kappa shape index (κ1) is 25.2. The van der Waals surface area contributed by atoms with Crippen molar-refractivity contribution >= 4 is 5.91 Å². The Morgan fingerprint density at radius 2 is 1.07 bits per heavy atom. The van der Waals surface area contributed by atoms with Crippen LogP contribution >= 0.6 is 0 Å². The van der Waals surface area contributed by atoms with Gasteiger partial charge in [-0.3, -0.25) is 4.79 Å². The summed E-state index contributed by atoms with van der Waals surface area (Å²) in [5.41, 5.74) is 0. The van der Waals surface area contributed by atoms with Crippen molar-refractivity contribution in [1.29, 1.82) is 0 Å². The fourth-order valence-electron chi connectivity index (χ4n) is 4.18. The van der Waals surface area contributed by atoms with Crippen molar-refractivity contribution in [2.75, 3.05) is 13.1 Å². The number of rotatable bonds is 19. The molecule has 1 amide bonds. The molecule has 1 aliphatic heterocycles. The topological polar surface area (TPSA) is 20.3 Å². The summed E-state index contributed by atoms with van der Waals surface area (Å²) >= 11 is 0. The molecule has 0 atom stereocenters. The van der Waals surface area contributed by atoms with E-state index in [2.05, 4.69) is 24.0 Å². The lowest BCUT2D eigenvalue weighted by molar-refractivity contribution is -0.130. The van der Waals surface area contributed by atoms with E-state index < -0.39 is 0 Å². The van der Waals surface area contributed by atoms with E-state index in [1.54, 1.807) is 0 Å². The highest BCUT2D eigenvalue weighted by atomic mass is 16.2. The van der Waals surface area contributed by atoms with E-state index in [0.29, 0.717) is 5.91 Å². The van der Waals surface area contributed by atoms with Gasteiger partial charge in [0, 0.05) is 19.5 Å². The lowest BCUT2D eigenvalue weighted by Gasteiger charge is -2.14. The van der Waals surface area contributed by atoms with E-state index >= 15 is 0 Å². The fraction of sp³-hybridized carbons (Fsp3) is 0.885. The molecule has 0 bridgehead atoms. The first-order valence-corrected chi connectivity index (χ1v) is 12.8. The Morgan fingerprint density at radius 3 is 1.57 bits per heavy atom. The highest BCUT2D eigenvalue weighted by Gasteiger charge is 2.16. The average molecular weight is 392 g/mol. The lowest BCUT2D eigenvalue weighted by Crippen LogP contribution is -2.27. The zero-order chi connectivity index (χ0) is 20.1. The van der Waals surface area contributed by atoms with Crippen LogP contribution in [0.5, 0.6) is 0 Å². The molecule has 0 saturated carbocycles. The number of nitrogens with zero attached hydrogens (tertiary/aromatic N) is 1. The molecule has 1 aliphatic rings. The molecule has 0 aromatic carbocycles. The van der Waals surface area contributed by atoms with Gasteiger partial charge in [-0.1, -0.05) is 96.1 Å². The van der Waals surface area contributed by atoms with E-state index in [4.69, 9.17) is 0 Å². The largest absolute Gasteiger partial charge is 0.343 e. The molecule has 0 aromatic heterocycles. The van der Waals surface area contributed by atoms with Crippen LogP contribution in [-0.2, 0) is 4.79 Å². The van der Waals surface area contributed by atoms with Crippen LogP contribution in [0.4, 0.5) is 0 Å². The van der Waals surface area contributed by atoms with Crippen LogP contribution in [-0.4, -0.2) is 23.9 Å². The number of likely N-dealkylation sites (tertiary alicyclic amines) is 1. The van der Waals surface area contributed by atoms with E-state index in [-0.39, 0.29) is 0 Å². The summed E-state index contributed by atoms with van der Waals surface area (Å²) in [6, 6.07) is 0. The summed E-state index contributed by atoms with van der Waals surface area (Å²) in [6.07, 6.45) is 31.0. The number of allylic oxidation sites excluding steroid dienone is 2. The Hall–Kier alpha value is -0.790. The monoisotopic (exact) mass is 391 g/mol. The second-order valence-electron chi connectivity index (χ2n) is 8.84. The quantitative estimate of drug-likeness (QED) is 0.160. The molecule has 0 radical (unpaired) electrons. The molecule has 1 saturated heterocycles. The summed E-state index contributed by atoms with van der Waals surface area (Å²) < 4.78 is 0. The van der Waals surface area contributed by atoms with Crippen LogP contribution < -0.4 is 0 Å². The third-order valence-electron chi connectivity index (χ3n) is 6.11. The zero-order valence-corrected chi connectivity index (χ0v) is 19.1. The minimum absolute atomic E-state index is 0.401. The van der Waals surface area contributed by atoms with Crippen molar-refractivity contribution in [3.05, 3.63) is 12.2 Å². The van der Waals surface area contributed by atoms with Crippen molar-refractivity contribution in [2.24, 2.45) is 0 Å². The van der Waals surface area contributed by atoms with Gasteiger partial charge < -0.3 is 4.90 Å². The highest BCUT2D eigenvalue weighted by molar-refractivity contribution is 5.76. The molecular weight excluding hydrogens is 342 g/mol. The molecule has 1 fully saturated rings. The number of carbonyl (C=O) groups is 1. The maximum Gasteiger partial charge on any atom is 0.222 e. The fourth-order valence-corrected chi connectivity index (χ4v) is 4.18. The van der Waals surface area contributed by atoms with Gasteiger partial charge in [-0.25, -0.2) is 0 Å². The Labute approximate surface area is 176 Å². The van der Waals surface area contributed by atoms with Gasteiger partial charge in [-0.2, -0.15) is 0 Å². The summed E-state index contributed by atoms with van der Waals surface area (Å²) in [4.78, 5) is 14.0. The Morgan fingerprint density at radius 1 is 0.643 bits per heavy atom. The third-order valence-corrected chi connectivity index (χ3v) is 6.11. The Balaban J connectivity index is 1.71. The number of carbonyl (C=O) groups excluding carboxylic acids is 1.